The van der Waals surface area contributed by atoms with Gasteiger partial charge in [-0.25, -0.2) is 24.4 Å². The molecule has 41 heavy (non-hydrogen) atoms. The van der Waals surface area contributed by atoms with E-state index < -0.39 is 75.9 Å². The van der Waals surface area contributed by atoms with Crippen LogP contribution in [0.2, 0.25) is 0 Å². The Kier molecular flexibility index (Phi) is 7.63. The lowest BCUT2D eigenvalue weighted by atomic mass is 10.1. The Morgan fingerprint density at radius 3 is 2.32 bits per heavy atom. The number of nitro groups is 3. The van der Waals surface area contributed by atoms with Crippen molar-refractivity contribution < 1.29 is 48.2 Å². The van der Waals surface area contributed by atoms with Gasteiger partial charge in [0.1, 0.15) is 6.33 Å². The minimum absolute atomic E-state index is 0.105. The van der Waals surface area contributed by atoms with E-state index in [1.807, 2.05) is 0 Å². The van der Waals surface area contributed by atoms with Gasteiger partial charge in [-0.05, 0) is 17.6 Å². The number of non-ortho nitro benzene ring substituents is 1. The molecule has 25 heteroatoms. The number of phosphoric acid groups is 1. The molecule has 0 spiro atoms. The summed E-state index contributed by atoms with van der Waals surface area (Å²) in [5.74, 6) is -1.72. The molecule has 216 valence electrons. The molecule has 0 aliphatic carbocycles. The maximum atomic E-state index is 11.7. The molecule has 1 aliphatic rings. The molecule has 1 unspecified atom stereocenters. The van der Waals surface area contributed by atoms with Crippen molar-refractivity contribution in [3.63, 3.8) is 0 Å². The van der Waals surface area contributed by atoms with Crippen LogP contribution in [0.1, 0.15) is 13.2 Å². The number of nitrogens with two attached hydrogens (primary N) is 1. The molecule has 1 saturated heterocycles. The molecular formula is C16H14N11O13P. The molecule has 4 atom stereocenters. The van der Waals surface area contributed by atoms with Gasteiger partial charge in [-0.1, -0.05) is 0 Å². The van der Waals surface area contributed by atoms with Crippen molar-refractivity contribution in [3.05, 3.63) is 59.2 Å². The van der Waals surface area contributed by atoms with Gasteiger partial charge in [-0.2, -0.15) is 0 Å². The first kappa shape index (κ1) is 28.9. The molecule has 0 amide bonds. The van der Waals surface area contributed by atoms with E-state index in [1.54, 1.807) is 0 Å². The molecule has 4 rings (SSSR count). The quantitative estimate of drug-likeness (QED) is 0.0568. The predicted molar refractivity (Wildman–Crippen MR) is 127 cm³/mol. The SMILES string of the molecule is C[C@H]1OC(n2c(N=[N+]=[N-])nc3c(N)ncnc32)[C@H](OOP(=O)(O)O)[C@@H]1Oc1c([N+](=O)[O-])cc([N+](=O)[O-])cc1[N+](=O)[O-]. The van der Waals surface area contributed by atoms with Gasteiger partial charge < -0.3 is 25.0 Å². The second-order valence-electron chi connectivity index (χ2n) is 7.93. The molecule has 3 aromatic rings. The predicted octanol–water partition coefficient (Wildman–Crippen LogP) is 1.85. The highest BCUT2D eigenvalue weighted by molar-refractivity contribution is 7.46. The Hall–Kier alpha value is -5.09. The van der Waals surface area contributed by atoms with E-state index >= 15 is 0 Å². The number of azide groups is 1. The Morgan fingerprint density at radius 1 is 1.15 bits per heavy atom. The molecule has 0 saturated carbocycles. The lowest BCUT2D eigenvalue weighted by Crippen LogP contribution is -2.38. The maximum absolute atomic E-state index is 11.7. The number of imidazole rings is 1. The number of nitrogens with zero attached hydrogens (tertiary/aromatic N) is 10. The molecule has 0 radical (unpaired) electrons. The molecule has 1 aromatic carbocycles. The first-order chi connectivity index (χ1) is 19.2. The third kappa shape index (κ3) is 5.64. The largest absolute Gasteiger partial charge is 0.496 e. The summed E-state index contributed by atoms with van der Waals surface area (Å²) in [6.07, 6.45) is -5.53. The number of nitro benzene ring substituents is 3. The van der Waals surface area contributed by atoms with Crippen LogP contribution in [0, 0.1) is 30.3 Å². The fourth-order valence-corrected chi connectivity index (χ4v) is 4.07. The summed E-state index contributed by atoms with van der Waals surface area (Å²) in [5, 5.41) is 38.0. The van der Waals surface area contributed by atoms with Crippen LogP contribution in [0.4, 0.5) is 28.8 Å². The van der Waals surface area contributed by atoms with Crippen LogP contribution >= 0.6 is 7.82 Å². The maximum Gasteiger partial charge on any atom is 0.496 e. The number of anilines is 1. The van der Waals surface area contributed by atoms with E-state index in [1.165, 1.54) is 6.92 Å². The third-order valence-electron chi connectivity index (χ3n) is 5.44. The lowest BCUT2D eigenvalue weighted by molar-refractivity contribution is -0.405. The fraction of sp³-hybridized carbons (Fsp3) is 0.312. The summed E-state index contributed by atoms with van der Waals surface area (Å²) in [4.78, 5) is 68.9. The average molecular weight is 599 g/mol. The Balaban J connectivity index is 1.89. The number of hydrogen-bond acceptors (Lipinski definition) is 16. The van der Waals surface area contributed by atoms with Crippen LogP contribution in [-0.2, 0) is 18.9 Å². The standard InChI is InChI=1S/C16H14N11O13P/c1-5-10(38-11-7(26(30)31)2-6(25(28)29)3-8(11)27(32)33)12(39-40-41(34,35)36)15(37-5)24-14-9(13(17)19-4-20-14)21-16(24)22-23-18/h2-5,10,12,15H,1H3,(H2,17,19,20)(H2,34,35,36)/t5-,10-,12-,15?/m1/s1. The first-order valence-corrected chi connectivity index (χ1v) is 12.1. The van der Waals surface area contributed by atoms with E-state index in [0.717, 1.165) is 10.9 Å². The highest BCUT2D eigenvalue weighted by atomic mass is 31.2. The van der Waals surface area contributed by atoms with Crippen molar-refractivity contribution in [1.29, 1.82) is 0 Å². The van der Waals surface area contributed by atoms with E-state index in [2.05, 4.69) is 29.7 Å². The topological polar surface area (TPSA) is 342 Å². The fourth-order valence-electron chi connectivity index (χ4n) is 3.86. The molecule has 24 nitrogen and oxygen atoms in total. The number of aromatic nitrogens is 4. The molecule has 1 fully saturated rings. The third-order valence-corrected chi connectivity index (χ3v) is 5.72. The summed E-state index contributed by atoms with van der Waals surface area (Å²) in [7, 11) is -5.38. The smallest absolute Gasteiger partial charge is 0.473 e. The van der Waals surface area contributed by atoms with Gasteiger partial charge in [0.2, 0.25) is 5.95 Å². The van der Waals surface area contributed by atoms with Crippen LogP contribution in [-0.4, -0.2) is 62.4 Å². The molecule has 1 aliphatic heterocycles. The van der Waals surface area contributed by atoms with Crippen molar-refractivity contribution in [1.82, 2.24) is 19.5 Å². The Labute approximate surface area is 223 Å². The van der Waals surface area contributed by atoms with Crippen molar-refractivity contribution in [3.8, 4) is 5.75 Å². The number of nitrogen functional groups attached to an aromatic ring is 1. The minimum Gasteiger partial charge on any atom is -0.473 e. The van der Waals surface area contributed by atoms with E-state index in [4.69, 9.17) is 25.6 Å². The van der Waals surface area contributed by atoms with Gasteiger partial charge >= 0.3 is 19.2 Å². The number of hydrogen-bond donors (Lipinski definition) is 3. The van der Waals surface area contributed by atoms with Crippen molar-refractivity contribution in [2.45, 2.75) is 31.5 Å². The normalized spacial score (nSPS) is 20.5. The highest BCUT2D eigenvalue weighted by Crippen LogP contribution is 2.46. The van der Waals surface area contributed by atoms with Crippen LogP contribution in [0.15, 0.2) is 23.6 Å². The molecule has 2 aromatic heterocycles. The molecular weight excluding hydrogens is 585 g/mol. The zero-order valence-corrected chi connectivity index (χ0v) is 20.8. The van der Waals surface area contributed by atoms with Crippen LogP contribution in [0.3, 0.4) is 0 Å². The van der Waals surface area contributed by atoms with Gasteiger partial charge in [0, 0.05) is 4.91 Å². The Morgan fingerprint density at radius 2 is 1.78 bits per heavy atom. The lowest BCUT2D eigenvalue weighted by Gasteiger charge is -2.24. The second kappa shape index (κ2) is 10.8. The number of ether oxygens (including phenoxy) is 2. The summed E-state index contributed by atoms with van der Waals surface area (Å²) in [6, 6.07) is 0.816. The summed E-state index contributed by atoms with van der Waals surface area (Å²) < 4.78 is 27.9. The van der Waals surface area contributed by atoms with E-state index in [-0.39, 0.29) is 17.0 Å². The van der Waals surface area contributed by atoms with Gasteiger partial charge in [-0.3, -0.25) is 34.9 Å². The summed E-state index contributed by atoms with van der Waals surface area (Å²) >= 11 is 0. The number of benzene rings is 1. The molecule has 3 heterocycles. The average Bonchev–Trinajstić information content (AvgIpc) is 3.39. The number of fused-ring (bicyclic) bond motifs is 1. The van der Waals surface area contributed by atoms with Crippen LogP contribution in [0.5, 0.6) is 5.75 Å². The highest BCUT2D eigenvalue weighted by Gasteiger charge is 2.51. The van der Waals surface area contributed by atoms with Gasteiger partial charge in [0.15, 0.2) is 35.4 Å². The zero-order chi connectivity index (χ0) is 30.2. The Bertz CT molecular complexity index is 1630. The second-order valence-corrected chi connectivity index (χ2v) is 9.06. The van der Waals surface area contributed by atoms with Gasteiger partial charge in [-0.15, -0.1) is 4.67 Å². The minimum atomic E-state index is -5.38. The molecule has 0 bridgehead atoms. The van der Waals surface area contributed by atoms with E-state index in [0.29, 0.717) is 12.1 Å². The summed E-state index contributed by atoms with van der Waals surface area (Å²) in [6.45, 7) is 1.28. The summed E-state index contributed by atoms with van der Waals surface area (Å²) in [5.41, 5.74) is 11.2. The number of rotatable bonds is 10. The molecule has 4 N–H and O–H groups in total. The van der Waals surface area contributed by atoms with Crippen molar-refractivity contribution >= 4 is 47.8 Å². The van der Waals surface area contributed by atoms with Crippen molar-refractivity contribution in [2.24, 2.45) is 5.11 Å². The monoisotopic (exact) mass is 599 g/mol. The van der Waals surface area contributed by atoms with Crippen molar-refractivity contribution in [2.75, 3.05) is 5.73 Å². The van der Waals surface area contributed by atoms with Gasteiger partial charge in [0.05, 0.1) is 33.0 Å². The van der Waals surface area contributed by atoms with Gasteiger partial charge in [0.25, 0.3) is 11.4 Å². The van der Waals surface area contributed by atoms with Crippen LogP contribution < -0.4 is 10.5 Å². The van der Waals surface area contributed by atoms with E-state index in [9.17, 15) is 44.7 Å². The van der Waals surface area contributed by atoms with Crippen LogP contribution in [0.25, 0.3) is 21.6 Å². The zero-order valence-electron chi connectivity index (χ0n) is 19.9. The first-order valence-electron chi connectivity index (χ1n) is 10.6.